The molecule has 0 atom stereocenters. The van der Waals surface area contributed by atoms with Crippen molar-refractivity contribution in [1.29, 1.82) is 0 Å². The number of rotatable bonds is 9. The summed E-state index contributed by atoms with van der Waals surface area (Å²) in [6.07, 6.45) is 5.23. The Morgan fingerprint density at radius 3 is 2.07 bits per heavy atom. The average Bonchev–Trinajstić information content (AvgIpc) is 2.15. The molecule has 0 aromatic carbocycles. The normalized spacial score (nSPS) is 11.7. The third-order valence-electron chi connectivity index (χ3n) is 2.59. The zero-order valence-electron chi connectivity index (χ0n) is 10.7. The molecule has 0 radical (unpaired) electrons. The lowest BCUT2D eigenvalue weighted by molar-refractivity contribution is -0.107. The van der Waals surface area contributed by atoms with Crippen LogP contribution < -0.4 is 0 Å². The number of hydrogen-bond donors (Lipinski definition) is 0. The van der Waals surface area contributed by atoms with Gasteiger partial charge >= 0.3 is 0 Å². The van der Waals surface area contributed by atoms with Gasteiger partial charge in [0, 0.05) is 13.0 Å². The molecule has 0 aromatic rings. The third kappa shape index (κ3) is 7.55. The van der Waals surface area contributed by atoms with Gasteiger partial charge in [-0.05, 0) is 24.7 Å². The molecule has 90 valence electrons. The van der Waals surface area contributed by atoms with E-state index in [9.17, 15) is 4.79 Å². The maximum absolute atomic E-state index is 10.1. The first kappa shape index (κ1) is 14.6. The summed E-state index contributed by atoms with van der Waals surface area (Å²) in [6, 6.07) is 0. The monoisotopic (exact) mass is 214 g/mol. The molecule has 0 aliphatic rings. The lowest BCUT2D eigenvalue weighted by atomic mass is 9.96. The van der Waals surface area contributed by atoms with Crippen LogP contribution in [0.1, 0.15) is 53.4 Å². The van der Waals surface area contributed by atoms with E-state index in [0.29, 0.717) is 24.4 Å². The maximum atomic E-state index is 10.1. The second kappa shape index (κ2) is 8.90. The van der Waals surface area contributed by atoms with E-state index >= 15 is 0 Å². The van der Waals surface area contributed by atoms with Gasteiger partial charge in [0.15, 0.2) is 0 Å². The zero-order valence-corrected chi connectivity index (χ0v) is 10.7. The Hall–Kier alpha value is -0.370. The molecule has 15 heavy (non-hydrogen) atoms. The van der Waals surface area contributed by atoms with Crippen molar-refractivity contribution >= 4 is 6.29 Å². The molecular formula is C13H26O2. The first-order chi connectivity index (χ1) is 7.09. The minimum absolute atomic E-state index is 0.371. The van der Waals surface area contributed by atoms with Gasteiger partial charge in [0.2, 0.25) is 0 Å². The number of unbranched alkanes of at least 4 members (excludes halogenated alkanes) is 3. The van der Waals surface area contributed by atoms with Crippen LogP contribution in [0.5, 0.6) is 0 Å². The van der Waals surface area contributed by atoms with E-state index in [-0.39, 0.29) is 0 Å². The number of ether oxygens (including phenoxy) is 1. The Labute approximate surface area is 94.4 Å². The molecule has 0 N–H and O–H groups in total. The highest BCUT2D eigenvalue weighted by Gasteiger charge is 2.17. The second-order valence-electron chi connectivity index (χ2n) is 4.84. The van der Waals surface area contributed by atoms with E-state index < -0.39 is 0 Å². The summed E-state index contributed by atoms with van der Waals surface area (Å²) in [5.74, 6) is 1.17. The van der Waals surface area contributed by atoms with Crippen LogP contribution in [0.15, 0.2) is 0 Å². The van der Waals surface area contributed by atoms with Gasteiger partial charge in [0.05, 0.1) is 6.10 Å². The van der Waals surface area contributed by atoms with Crippen LogP contribution in [0.4, 0.5) is 0 Å². The fraction of sp³-hybridized carbons (Fsp3) is 0.923. The standard InChI is InChI=1S/C13H26O2/c1-11(2)13(12(3)4)15-10-8-6-5-7-9-14/h9,11-13H,5-8,10H2,1-4H3. The molecule has 0 aliphatic carbocycles. The largest absolute Gasteiger partial charge is 0.378 e. The van der Waals surface area contributed by atoms with Gasteiger partial charge in [-0.25, -0.2) is 0 Å². The highest BCUT2D eigenvalue weighted by Crippen LogP contribution is 2.16. The summed E-state index contributed by atoms with van der Waals surface area (Å²) in [6.45, 7) is 9.65. The molecule has 0 spiro atoms. The highest BCUT2D eigenvalue weighted by molar-refractivity contribution is 5.48. The molecule has 0 saturated heterocycles. The molecule has 0 amide bonds. The first-order valence-electron chi connectivity index (χ1n) is 6.14. The van der Waals surface area contributed by atoms with Crippen LogP contribution in [-0.4, -0.2) is 19.0 Å². The van der Waals surface area contributed by atoms with Gasteiger partial charge < -0.3 is 9.53 Å². The van der Waals surface area contributed by atoms with Crippen LogP contribution >= 0.6 is 0 Å². The van der Waals surface area contributed by atoms with Crippen LogP contribution in [0, 0.1) is 11.8 Å². The van der Waals surface area contributed by atoms with Crippen molar-refractivity contribution < 1.29 is 9.53 Å². The van der Waals surface area contributed by atoms with Crippen LogP contribution in [0.3, 0.4) is 0 Å². The molecule has 0 heterocycles. The lowest BCUT2D eigenvalue weighted by Gasteiger charge is -2.25. The van der Waals surface area contributed by atoms with E-state index in [1.807, 2.05) is 0 Å². The van der Waals surface area contributed by atoms with E-state index in [1.165, 1.54) is 0 Å². The second-order valence-corrected chi connectivity index (χ2v) is 4.84. The fourth-order valence-corrected chi connectivity index (χ4v) is 1.88. The van der Waals surface area contributed by atoms with Crippen molar-refractivity contribution in [3.05, 3.63) is 0 Å². The van der Waals surface area contributed by atoms with Crippen molar-refractivity contribution in [3.8, 4) is 0 Å². The number of aldehydes is 1. The topological polar surface area (TPSA) is 26.3 Å². The Morgan fingerprint density at radius 2 is 1.60 bits per heavy atom. The molecule has 2 nitrogen and oxygen atoms in total. The quantitative estimate of drug-likeness (QED) is 0.434. The van der Waals surface area contributed by atoms with E-state index in [2.05, 4.69) is 27.7 Å². The highest BCUT2D eigenvalue weighted by atomic mass is 16.5. The molecule has 0 aromatic heterocycles. The minimum atomic E-state index is 0.371. The average molecular weight is 214 g/mol. The molecule has 0 bridgehead atoms. The Balaban J connectivity index is 3.50. The van der Waals surface area contributed by atoms with Gasteiger partial charge in [-0.15, -0.1) is 0 Å². The Bertz CT molecular complexity index is 145. The Morgan fingerprint density at radius 1 is 1.00 bits per heavy atom. The fourth-order valence-electron chi connectivity index (χ4n) is 1.88. The molecule has 0 fully saturated rings. The predicted octanol–water partition coefficient (Wildman–Crippen LogP) is 3.44. The molecule has 0 saturated carbocycles. The summed E-state index contributed by atoms with van der Waals surface area (Å²) in [4.78, 5) is 10.1. The van der Waals surface area contributed by atoms with Crippen molar-refractivity contribution in [1.82, 2.24) is 0 Å². The van der Waals surface area contributed by atoms with Crippen LogP contribution in [-0.2, 0) is 9.53 Å². The predicted molar refractivity (Wildman–Crippen MR) is 63.9 cm³/mol. The summed E-state index contributed by atoms with van der Waals surface area (Å²) >= 11 is 0. The van der Waals surface area contributed by atoms with Crippen molar-refractivity contribution in [2.75, 3.05) is 6.61 Å². The van der Waals surface area contributed by atoms with Gasteiger partial charge in [0.1, 0.15) is 6.29 Å². The minimum Gasteiger partial charge on any atom is -0.378 e. The van der Waals surface area contributed by atoms with Gasteiger partial charge in [-0.2, -0.15) is 0 Å². The zero-order chi connectivity index (χ0) is 11.7. The number of carbonyl (C=O) groups excluding carboxylic acids is 1. The Kier molecular flexibility index (Phi) is 8.68. The number of hydrogen-bond acceptors (Lipinski definition) is 2. The molecule has 0 aliphatic heterocycles. The molecular weight excluding hydrogens is 188 g/mol. The van der Waals surface area contributed by atoms with Crippen molar-refractivity contribution in [3.63, 3.8) is 0 Å². The third-order valence-corrected chi connectivity index (χ3v) is 2.59. The molecule has 0 unspecified atom stereocenters. The maximum Gasteiger partial charge on any atom is 0.119 e. The molecule has 2 heteroatoms. The smallest absolute Gasteiger partial charge is 0.119 e. The van der Waals surface area contributed by atoms with Crippen LogP contribution in [0.2, 0.25) is 0 Å². The summed E-state index contributed by atoms with van der Waals surface area (Å²) < 4.78 is 5.86. The van der Waals surface area contributed by atoms with Gasteiger partial charge in [0.25, 0.3) is 0 Å². The van der Waals surface area contributed by atoms with E-state index in [0.717, 1.165) is 32.2 Å². The summed E-state index contributed by atoms with van der Waals surface area (Å²) in [5, 5.41) is 0. The van der Waals surface area contributed by atoms with Crippen LogP contribution in [0.25, 0.3) is 0 Å². The lowest BCUT2D eigenvalue weighted by Crippen LogP contribution is -2.26. The SMILES string of the molecule is CC(C)C(OCCCCCC=O)C(C)C. The van der Waals surface area contributed by atoms with Crippen molar-refractivity contribution in [2.24, 2.45) is 11.8 Å². The number of carbonyl (C=O) groups is 1. The van der Waals surface area contributed by atoms with Gasteiger partial charge in [-0.3, -0.25) is 0 Å². The van der Waals surface area contributed by atoms with Gasteiger partial charge in [-0.1, -0.05) is 34.1 Å². The first-order valence-corrected chi connectivity index (χ1v) is 6.14. The van der Waals surface area contributed by atoms with E-state index in [1.54, 1.807) is 0 Å². The molecule has 0 rings (SSSR count). The van der Waals surface area contributed by atoms with E-state index in [4.69, 9.17) is 4.74 Å². The summed E-state index contributed by atoms with van der Waals surface area (Å²) in [7, 11) is 0. The van der Waals surface area contributed by atoms with Crippen molar-refractivity contribution in [2.45, 2.75) is 59.5 Å². The summed E-state index contributed by atoms with van der Waals surface area (Å²) in [5.41, 5.74) is 0.